The smallest absolute Gasteiger partial charge is 0.254 e. The van der Waals surface area contributed by atoms with Gasteiger partial charge < -0.3 is 10.6 Å². The van der Waals surface area contributed by atoms with Gasteiger partial charge in [-0.3, -0.25) is 14.8 Å². The van der Waals surface area contributed by atoms with Gasteiger partial charge in [0.25, 0.3) is 5.91 Å². The Hall–Kier alpha value is -2.27. The number of rotatable bonds is 5. The van der Waals surface area contributed by atoms with E-state index in [1.165, 1.54) is 0 Å². The first-order valence-electron chi connectivity index (χ1n) is 6.57. The van der Waals surface area contributed by atoms with Gasteiger partial charge in [-0.25, -0.2) is 0 Å². The molecule has 2 rings (SSSR count). The lowest BCUT2D eigenvalue weighted by Crippen LogP contribution is -2.30. The van der Waals surface area contributed by atoms with Crippen molar-refractivity contribution in [3.05, 3.63) is 59.7 Å². The SMILES string of the molecule is CCN(Cc1ccncc1)C(=O)c1ccnc(CN)c1. The first-order chi connectivity index (χ1) is 9.74. The molecule has 0 unspecified atom stereocenters. The van der Waals surface area contributed by atoms with E-state index in [1.54, 1.807) is 35.6 Å². The zero-order chi connectivity index (χ0) is 14.4. The molecule has 104 valence electrons. The van der Waals surface area contributed by atoms with Gasteiger partial charge in [-0.15, -0.1) is 0 Å². The van der Waals surface area contributed by atoms with Crippen molar-refractivity contribution in [3.63, 3.8) is 0 Å². The Kier molecular flexibility index (Phi) is 4.79. The lowest BCUT2D eigenvalue weighted by Gasteiger charge is -2.21. The number of carbonyl (C=O) groups is 1. The number of hydrogen-bond acceptors (Lipinski definition) is 4. The Morgan fingerprint density at radius 3 is 2.65 bits per heavy atom. The summed E-state index contributed by atoms with van der Waals surface area (Å²) >= 11 is 0. The second-order valence-electron chi connectivity index (χ2n) is 4.41. The topological polar surface area (TPSA) is 72.1 Å². The predicted octanol–water partition coefficient (Wildman–Crippen LogP) is 1.60. The molecule has 0 aliphatic heterocycles. The molecule has 0 spiro atoms. The molecule has 0 saturated carbocycles. The quantitative estimate of drug-likeness (QED) is 0.895. The van der Waals surface area contributed by atoms with E-state index < -0.39 is 0 Å². The van der Waals surface area contributed by atoms with Gasteiger partial charge in [0.1, 0.15) is 0 Å². The second kappa shape index (κ2) is 6.77. The molecular formula is C15H18N4O. The van der Waals surface area contributed by atoms with Gasteiger partial charge in [0.15, 0.2) is 0 Å². The number of nitrogens with two attached hydrogens (primary N) is 1. The van der Waals surface area contributed by atoms with Crippen LogP contribution in [0.1, 0.15) is 28.5 Å². The van der Waals surface area contributed by atoms with Crippen molar-refractivity contribution in [1.82, 2.24) is 14.9 Å². The number of aromatic nitrogens is 2. The van der Waals surface area contributed by atoms with E-state index in [-0.39, 0.29) is 5.91 Å². The van der Waals surface area contributed by atoms with Crippen molar-refractivity contribution >= 4 is 5.91 Å². The molecule has 5 nitrogen and oxygen atoms in total. The van der Waals surface area contributed by atoms with Crippen molar-refractivity contribution in [2.24, 2.45) is 5.73 Å². The molecule has 5 heteroatoms. The third kappa shape index (κ3) is 3.39. The van der Waals surface area contributed by atoms with Crippen molar-refractivity contribution in [2.75, 3.05) is 6.54 Å². The molecule has 2 N–H and O–H groups in total. The number of hydrogen-bond donors (Lipinski definition) is 1. The lowest BCUT2D eigenvalue weighted by atomic mass is 10.1. The molecule has 0 aromatic carbocycles. The number of amides is 1. The highest BCUT2D eigenvalue weighted by atomic mass is 16.2. The monoisotopic (exact) mass is 270 g/mol. The minimum Gasteiger partial charge on any atom is -0.335 e. The summed E-state index contributed by atoms with van der Waals surface area (Å²) in [6.07, 6.45) is 5.08. The van der Waals surface area contributed by atoms with Crippen LogP contribution in [0.2, 0.25) is 0 Å². The molecule has 1 amide bonds. The van der Waals surface area contributed by atoms with Gasteiger partial charge in [0, 0.05) is 43.8 Å². The third-order valence-electron chi connectivity index (χ3n) is 3.06. The molecule has 0 bridgehead atoms. The van der Waals surface area contributed by atoms with Crippen molar-refractivity contribution in [2.45, 2.75) is 20.0 Å². The van der Waals surface area contributed by atoms with Gasteiger partial charge in [-0.05, 0) is 36.8 Å². The zero-order valence-electron chi connectivity index (χ0n) is 11.5. The van der Waals surface area contributed by atoms with E-state index in [0.29, 0.717) is 25.2 Å². The Labute approximate surface area is 118 Å². The first-order valence-corrected chi connectivity index (χ1v) is 6.57. The lowest BCUT2D eigenvalue weighted by molar-refractivity contribution is 0.0752. The first kappa shape index (κ1) is 14.1. The van der Waals surface area contributed by atoms with Crippen molar-refractivity contribution in [3.8, 4) is 0 Å². The molecular weight excluding hydrogens is 252 g/mol. The average Bonchev–Trinajstić information content (AvgIpc) is 2.53. The van der Waals surface area contributed by atoms with Crippen LogP contribution in [0.15, 0.2) is 42.9 Å². The fraction of sp³-hybridized carbons (Fsp3) is 0.267. The van der Waals surface area contributed by atoms with Crippen LogP contribution in [0.5, 0.6) is 0 Å². The van der Waals surface area contributed by atoms with E-state index in [0.717, 1.165) is 11.3 Å². The summed E-state index contributed by atoms with van der Waals surface area (Å²) in [4.78, 5) is 22.4. The van der Waals surface area contributed by atoms with Gasteiger partial charge in [-0.1, -0.05) is 0 Å². The Bertz CT molecular complexity index is 571. The fourth-order valence-corrected chi connectivity index (χ4v) is 1.94. The summed E-state index contributed by atoms with van der Waals surface area (Å²) in [7, 11) is 0. The van der Waals surface area contributed by atoms with E-state index in [2.05, 4.69) is 9.97 Å². The van der Waals surface area contributed by atoms with Crippen LogP contribution < -0.4 is 5.73 Å². The second-order valence-corrected chi connectivity index (χ2v) is 4.41. The van der Waals surface area contributed by atoms with Crippen LogP contribution in [0, 0.1) is 0 Å². The molecule has 2 aromatic heterocycles. The molecule has 0 aliphatic carbocycles. The summed E-state index contributed by atoms with van der Waals surface area (Å²) in [6, 6.07) is 7.29. The average molecular weight is 270 g/mol. The molecule has 2 heterocycles. The maximum atomic E-state index is 12.5. The minimum atomic E-state index is -0.0126. The number of carbonyl (C=O) groups excluding carboxylic acids is 1. The van der Waals surface area contributed by atoms with Crippen LogP contribution in [-0.4, -0.2) is 27.3 Å². The van der Waals surface area contributed by atoms with Crippen molar-refractivity contribution in [1.29, 1.82) is 0 Å². The Morgan fingerprint density at radius 2 is 2.00 bits per heavy atom. The highest BCUT2D eigenvalue weighted by Crippen LogP contribution is 2.10. The summed E-state index contributed by atoms with van der Waals surface area (Å²) in [5, 5.41) is 0. The fourth-order valence-electron chi connectivity index (χ4n) is 1.94. The molecule has 2 aromatic rings. The third-order valence-corrected chi connectivity index (χ3v) is 3.06. The molecule has 0 fully saturated rings. The van der Waals surface area contributed by atoms with Crippen LogP contribution in [0.4, 0.5) is 0 Å². The van der Waals surface area contributed by atoms with E-state index >= 15 is 0 Å². The largest absolute Gasteiger partial charge is 0.335 e. The van der Waals surface area contributed by atoms with Gasteiger partial charge in [-0.2, -0.15) is 0 Å². The van der Waals surface area contributed by atoms with Crippen LogP contribution in [0.25, 0.3) is 0 Å². The van der Waals surface area contributed by atoms with Crippen LogP contribution in [0.3, 0.4) is 0 Å². The molecule has 0 atom stereocenters. The Morgan fingerprint density at radius 1 is 1.25 bits per heavy atom. The molecule has 20 heavy (non-hydrogen) atoms. The molecule has 0 radical (unpaired) electrons. The summed E-state index contributed by atoms with van der Waals surface area (Å²) in [5.74, 6) is -0.0126. The molecule has 0 saturated heterocycles. The van der Waals surface area contributed by atoms with Crippen molar-refractivity contribution < 1.29 is 4.79 Å². The van der Waals surface area contributed by atoms with Gasteiger partial charge >= 0.3 is 0 Å². The van der Waals surface area contributed by atoms with E-state index in [9.17, 15) is 4.79 Å². The van der Waals surface area contributed by atoms with Gasteiger partial charge in [0.2, 0.25) is 0 Å². The molecule has 0 aliphatic rings. The highest BCUT2D eigenvalue weighted by molar-refractivity contribution is 5.94. The summed E-state index contributed by atoms with van der Waals surface area (Å²) in [6.45, 7) is 3.50. The normalized spacial score (nSPS) is 10.3. The van der Waals surface area contributed by atoms with E-state index in [4.69, 9.17) is 5.73 Å². The Balaban J connectivity index is 2.16. The van der Waals surface area contributed by atoms with Crippen LogP contribution in [-0.2, 0) is 13.1 Å². The summed E-state index contributed by atoms with van der Waals surface area (Å²) < 4.78 is 0. The zero-order valence-corrected chi connectivity index (χ0v) is 11.5. The van der Waals surface area contributed by atoms with Crippen LogP contribution >= 0.6 is 0 Å². The number of pyridine rings is 2. The van der Waals surface area contributed by atoms with E-state index in [1.807, 2.05) is 19.1 Å². The maximum absolute atomic E-state index is 12.5. The standard InChI is InChI=1S/C15H18N4O/c1-2-19(11-12-3-6-17-7-4-12)15(20)13-5-8-18-14(9-13)10-16/h3-9H,2,10-11,16H2,1H3. The summed E-state index contributed by atoms with van der Waals surface area (Å²) in [5.41, 5.74) is 7.96. The maximum Gasteiger partial charge on any atom is 0.254 e. The number of nitrogens with zero attached hydrogens (tertiary/aromatic N) is 3. The van der Waals surface area contributed by atoms with Gasteiger partial charge in [0.05, 0.1) is 5.69 Å². The minimum absolute atomic E-state index is 0.0126. The predicted molar refractivity (Wildman–Crippen MR) is 76.8 cm³/mol. The highest BCUT2D eigenvalue weighted by Gasteiger charge is 2.15.